The summed E-state index contributed by atoms with van der Waals surface area (Å²) in [7, 11) is 0. The number of amides is 1. The van der Waals surface area contributed by atoms with Crippen LogP contribution in [0.5, 0.6) is 0 Å². The highest BCUT2D eigenvalue weighted by molar-refractivity contribution is 5.92. The molecule has 0 saturated carbocycles. The minimum absolute atomic E-state index is 0.0154. The van der Waals surface area contributed by atoms with Crippen molar-refractivity contribution in [3.05, 3.63) is 29.3 Å². The number of hydrogen-bond donors (Lipinski definition) is 1. The summed E-state index contributed by atoms with van der Waals surface area (Å²) in [6, 6.07) is 5.97. The number of carbonyl (C=O) groups excluding carboxylic acids is 1. The molecule has 1 fully saturated rings. The van der Waals surface area contributed by atoms with Crippen LogP contribution in [0.4, 0.5) is 5.69 Å². The van der Waals surface area contributed by atoms with Crippen LogP contribution in [0.1, 0.15) is 17.5 Å². The van der Waals surface area contributed by atoms with Crippen LogP contribution in [0.25, 0.3) is 0 Å². The molecule has 0 bridgehead atoms. The first-order valence-corrected chi connectivity index (χ1v) is 5.62. The third-order valence-electron chi connectivity index (χ3n) is 3.07. The van der Waals surface area contributed by atoms with Gasteiger partial charge in [0.2, 0.25) is 5.91 Å². The molecule has 1 aliphatic rings. The topological polar surface area (TPSA) is 38.3 Å². The number of ether oxygens (including phenoxy) is 1. The Morgan fingerprint density at radius 1 is 1.38 bits per heavy atom. The van der Waals surface area contributed by atoms with Crippen LogP contribution in [-0.4, -0.2) is 19.1 Å². The van der Waals surface area contributed by atoms with Gasteiger partial charge in [0.15, 0.2) is 0 Å². The van der Waals surface area contributed by atoms with Gasteiger partial charge in [-0.25, -0.2) is 0 Å². The zero-order valence-corrected chi connectivity index (χ0v) is 9.75. The van der Waals surface area contributed by atoms with Crippen molar-refractivity contribution < 1.29 is 9.53 Å². The molecule has 2 rings (SSSR count). The molecule has 0 aliphatic carbocycles. The minimum atomic E-state index is 0.0154. The molecular formula is C13H17NO2. The van der Waals surface area contributed by atoms with Crippen molar-refractivity contribution in [1.29, 1.82) is 0 Å². The van der Waals surface area contributed by atoms with E-state index in [0.717, 1.165) is 12.1 Å². The summed E-state index contributed by atoms with van der Waals surface area (Å²) in [5.41, 5.74) is 3.31. The Morgan fingerprint density at radius 2 is 2.19 bits per heavy atom. The first kappa shape index (κ1) is 11.1. The number of aryl methyl sites for hydroxylation is 2. The average molecular weight is 219 g/mol. The van der Waals surface area contributed by atoms with E-state index >= 15 is 0 Å². The fraction of sp³-hybridized carbons (Fsp3) is 0.462. The highest BCUT2D eigenvalue weighted by atomic mass is 16.5. The third-order valence-corrected chi connectivity index (χ3v) is 3.07. The maximum atomic E-state index is 11.8. The molecule has 1 unspecified atom stereocenters. The van der Waals surface area contributed by atoms with Crippen molar-refractivity contribution in [3.63, 3.8) is 0 Å². The number of carbonyl (C=O) groups is 1. The highest BCUT2D eigenvalue weighted by Gasteiger charge is 2.23. The normalized spacial score (nSPS) is 19.8. The van der Waals surface area contributed by atoms with E-state index in [1.165, 1.54) is 11.1 Å². The van der Waals surface area contributed by atoms with Gasteiger partial charge in [0.1, 0.15) is 0 Å². The third kappa shape index (κ3) is 2.42. The molecule has 1 atom stereocenters. The Morgan fingerprint density at radius 3 is 2.81 bits per heavy atom. The molecule has 1 saturated heterocycles. The molecule has 3 nitrogen and oxygen atoms in total. The molecule has 0 radical (unpaired) electrons. The van der Waals surface area contributed by atoms with Gasteiger partial charge in [0.05, 0.1) is 12.5 Å². The molecule has 1 aliphatic heterocycles. The lowest BCUT2D eigenvalue weighted by molar-refractivity contribution is -0.119. The van der Waals surface area contributed by atoms with Gasteiger partial charge >= 0.3 is 0 Å². The number of hydrogen-bond acceptors (Lipinski definition) is 2. The van der Waals surface area contributed by atoms with Crippen LogP contribution < -0.4 is 5.32 Å². The van der Waals surface area contributed by atoms with Gasteiger partial charge in [-0.05, 0) is 43.5 Å². The molecule has 86 valence electrons. The van der Waals surface area contributed by atoms with E-state index in [1.807, 2.05) is 25.1 Å². The van der Waals surface area contributed by atoms with E-state index in [2.05, 4.69) is 12.2 Å². The summed E-state index contributed by atoms with van der Waals surface area (Å²) >= 11 is 0. The number of benzene rings is 1. The lowest BCUT2D eigenvalue weighted by Crippen LogP contribution is -2.22. The zero-order chi connectivity index (χ0) is 11.5. The second-order valence-corrected chi connectivity index (χ2v) is 4.35. The standard InChI is InChI=1S/C13H17NO2/c1-9-3-4-12(7-10(9)2)14-13(15)11-5-6-16-8-11/h3-4,7,11H,5-6,8H2,1-2H3,(H,14,15). The predicted molar refractivity (Wildman–Crippen MR) is 63.5 cm³/mol. The summed E-state index contributed by atoms with van der Waals surface area (Å²) in [6.45, 7) is 5.36. The number of rotatable bonds is 2. The quantitative estimate of drug-likeness (QED) is 0.828. The Labute approximate surface area is 95.8 Å². The van der Waals surface area contributed by atoms with Crippen molar-refractivity contribution in [3.8, 4) is 0 Å². The molecule has 1 aromatic rings. The predicted octanol–water partition coefficient (Wildman–Crippen LogP) is 2.28. The largest absolute Gasteiger partial charge is 0.381 e. The fourth-order valence-electron chi connectivity index (χ4n) is 1.80. The van der Waals surface area contributed by atoms with Crippen LogP contribution in [0.3, 0.4) is 0 Å². The monoisotopic (exact) mass is 219 g/mol. The van der Waals surface area contributed by atoms with Crippen LogP contribution in [-0.2, 0) is 9.53 Å². The first-order valence-electron chi connectivity index (χ1n) is 5.62. The summed E-state index contributed by atoms with van der Waals surface area (Å²) in [4.78, 5) is 11.8. The summed E-state index contributed by atoms with van der Waals surface area (Å²) < 4.78 is 5.20. The number of nitrogens with one attached hydrogen (secondary N) is 1. The van der Waals surface area contributed by atoms with E-state index in [9.17, 15) is 4.79 Å². The second-order valence-electron chi connectivity index (χ2n) is 4.35. The van der Waals surface area contributed by atoms with Crippen molar-refractivity contribution in [2.45, 2.75) is 20.3 Å². The van der Waals surface area contributed by atoms with Gasteiger partial charge in [-0.15, -0.1) is 0 Å². The van der Waals surface area contributed by atoms with Crippen LogP contribution in [0.15, 0.2) is 18.2 Å². The SMILES string of the molecule is Cc1ccc(NC(=O)C2CCOC2)cc1C. The van der Waals surface area contributed by atoms with Gasteiger partial charge in [-0.1, -0.05) is 6.07 Å². The molecule has 1 N–H and O–H groups in total. The highest BCUT2D eigenvalue weighted by Crippen LogP contribution is 2.18. The lowest BCUT2D eigenvalue weighted by atomic mass is 10.1. The van der Waals surface area contributed by atoms with Crippen LogP contribution in [0.2, 0.25) is 0 Å². The molecular weight excluding hydrogens is 202 g/mol. The van der Waals surface area contributed by atoms with Gasteiger partial charge in [-0.3, -0.25) is 4.79 Å². The summed E-state index contributed by atoms with van der Waals surface area (Å²) in [6.07, 6.45) is 0.830. The Hall–Kier alpha value is -1.35. The Kier molecular flexibility index (Phi) is 3.25. The van der Waals surface area contributed by atoms with E-state index in [1.54, 1.807) is 0 Å². The van der Waals surface area contributed by atoms with Gasteiger partial charge in [0.25, 0.3) is 0 Å². The van der Waals surface area contributed by atoms with Crippen molar-refractivity contribution in [2.75, 3.05) is 18.5 Å². The van der Waals surface area contributed by atoms with Crippen LogP contribution in [0, 0.1) is 19.8 Å². The summed E-state index contributed by atoms with van der Waals surface area (Å²) in [5, 5.41) is 2.93. The molecule has 1 aromatic carbocycles. The van der Waals surface area contributed by atoms with Gasteiger partial charge < -0.3 is 10.1 Å². The summed E-state index contributed by atoms with van der Waals surface area (Å²) in [5.74, 6) is 0.0855. The average Bonchev–Trinajstić information content (AvgIpc) is 2.77. The minimum Gasteiger partial charge on any atom is -0.381 e. The van der Waals surface area contributed by atoms with E-state index in [-0.39, 0.29) is 11.8 Å². The molecule has 1 heterocycles. The molecule has 0 aromatic heterocycles. The molecule has 3 heteroatoms. The van der Waals surface area contributed by atoms with Crippen LogP contribution >= 0.6 is 0 Å². The zero-order valence-electron chi connectivity index (χ0n) is 9.75. The van der Waals surface area contributed by atoms with Crippen molar-refractivity contribution in [2.24, 2.45) is 5.92 Å². The van der Waals surface area contributed by atoms with E-state index in [4.69, 9.17) is 4.74 Å². The number of anilines is 1. The maximum absolute atomic E-state index is 11.8. The first-order chi connectivity index (χ1) is 7.66. The van der Waals surface area contributed by atoms with Gasteiger partial charge in [0, 0.05) is 12.3 Å². The Bertz CT molecular complexity index is 395. The van der Waals surface area contributed by atoms with Gasteiger partial charge in [-0.2, -0.15) is 0 Å². The lowest BCUT2D eigenvalue weighted by Gasteiger charge is -2.10. The maximum Gasteiger partial charge on any atom is 0.229 e. The molecule has 1 amide bonds. The fourth-order valence-corrected chi connectivity index (χ4v) is 1.80. The van der Waals surface area contributed by atoms with Crippen molar-refractivity contribution >= 4 is 11.6 Å². The van der Waals surface area contributed by atoms with E-state index in [0.29, 0.717) is 13.2 Å². The van der Waals surface area contributed by atoms with Crippen molar-refractivity contribution in [1.82, 2.24) is 0 Å². The molecule has 16 heavy (non-hydrogen) atoms. The Balaban J connectivity index is 2.02. The smallest absolute Gasteiger partial charge is 0.229 e. The van der Waals surface area contributed by atoms with E-state index < -0.39 is 0 Å². The molecule has 0 spiro atoms. The second kappa shape index (κ2) is 4.66.